The Balaban J connectivity index is 2.59. The van der Waals surface area contributed by atoms with Gasteiger partial charge in [0.2, 0.25) is 0 Å². The Bertz CT molecular complexity index is 365. The summed E-state index contributed by atoms with van der Waals surface area (Å²) in [5.74, 6) is 1.35. The van der Waals surface area contributed by atoms with Crippen LogP contribution in [0.5, 0.6) is 0 Å². The molecule has 0 aromatic carbocycles. The number of hydrogen-bond donors (Lipinski definition) is 1. The van der Waals surface area contributed by atoms with Crippen molar-refractivity contribution in [2.75, 3.05) is 13.6 Å². The number of hydrogen-bond acceptors (Lipinski definition) is 2. The Morgan fingerprint density at radius 3 is 2.00 bits per heavy atom. The summed E-state index contributed by atoms with van der Waals surface area (Å²) in [4.78, 5) is 0. The van der Waals surface area contributed by atoms with Crippen LogP contribution >= 0.6 is 0 Å². The highest BCUT2D eigenvalue weighted by molar-refractivity contribution is 7.87. The van der Waals surface area contributed by atoms with Crippen molar-refractivity contribution >= 4 is 10.2 Å². The van der Waals surface area contributed by atoms with Crippen LogP contribution in [0.25, 0.3) is 0 Å². The van der Waals surface area contributed by atoms with Crippen molar-refractivity contribution in [2.24, 2.45) is 17.8 Å². The maximum absolute atomic E-state index is 12.4. The fourth-order valence-electron chi connectivity index (χ4n) is 3.19. The zero-order valence-electron chi connectivity index (χ0n) is 13.7. The molecule has 1 aliphatic rings. The molecular formula is C15H32N2O2S. The van der Waals surface area contributed by atoms with Gasteiger partial charge in [0.25, 0.3) is 10.2 Å². The molecule has 20 heavy (non-hydrogen) atoms. The molecule has 0 spiro atoms. The van der Waals surface area contributed by atoms with Crippen LogP contribution in [0.4, 0.5) is 0 Å². The molecule has 0 bridgehead atoms. The highest BCUT2D eigenvalue weighted by Gasteiger charge is 2.28. The van der Waals surface area contributed by atoms with Gasteiger partial charge in [-0.05, 0) is 30.6 Å². The van der Waals surface area contributed by atoms with Gasteiger partial charge in [-0.15, -0.1) is 0 Å². The first-order valence-corrected chi connectivity index (χ1v) is 9.42. The lowest BCUT2D eigenvalue weighted by Crippen LogP contribution is -2.46. The van der Waals surface area contributed by atoms with E-state index >= 15 is 0 Å². The first-order chi connectivity index (χ1) is 9.25. The zero-order chi connectivity index (χ0) is 15.3. The maximum Gasteiger partial charge on any atom is 0.279 e. The summed E-state index contributed by atoms with van der Waals surface area (Å²) in [5.41, 5.74) is 0. The zero-order valence-corrected chi connectivity index (χ0v) is 14.5. The Labute approximate surface area is 125 Å². The Morgan fingerprint density at radius 2 is 1.55 bits per heavy atom. The molecule has 0 radical (unpaired) electrons. The topological polar surface area (TPSA) is 49.4 Å². The van der Waals surface area contributed by atoms with Crippen LogP contribution in [0.3, 0.4) is 0 Å². The molecule has 1 fully saturated rings. The third-order valence-corrected chi connectivity index (χ3v) is 6.27. The van der Waals surface area contributed by atoms with Crippen molar-refractivity contribution in [3.63, 3.8) is 0 Å². The van der Waals surface area contributed by atoms with Gasteiger partial charge in [-0.3, -0.25) is 0 Å². The van der Waals surface area contributed by atoms with Crippen molar-refractivity contribution < 1.29 is 8.42 Å². The van der Waals surface area contributed by atoms with Crippen LogP contribution < -0.4 is 4.72 Å². The molecule has 0 aromatic heterocycles. The first kappa shape index (κ1) is 17.9. The van der Waals surface area contributed by atoms with Crippen molar-refractivity contribution in [2.45, 2.75) is 65.8 Å². The van der Waals surface area contributed by atoms with Gasteiger partial charge in [-0.2, -0.15) is 12.7 Å². The van der Waals surface area contributed by atoms with Gasteiger partial charge in [0.05, 0.1) is 0 Å². The average molecular weight is 305 g/mol. The highest BCUT2D eigenvalue weighted by atomic mass is 32.2. The summed E-state index contributed by atoms with van der Waals surface area (Å²) in [6.45, 7) is 9.16. The molecular weight excluding hydrogens is 272 g/mol. The van der Waals surface area contributed by atoms with Crippen LogP contribution in [0.1, 0.15) is 59.8 Å². The lowest BCUT2D eigenvalue weighted by Gasteiger charge is -2.32. The second-order valence-corrected chi connectivity index (χ2v) is 8.63. The molecule has 0 aromatic rings. The molecule has 120 valence electrons. The van der Waals surface area contributed by atoms with E-state index in [0.29, 0.717) is 24.3 Å². The van der Waals surface area contributed by atoms with E-state index in [1.165, 1.54) is 6.42 Å². The monoisotopic (exact) mass is 304 g/mol. The van der Waals surface area contributed by atoms with E-state index in [2.05, 4.69) is 32.4 Å². The minimum Gasteiger partial charge on any atom is -0.202 e. The molecule has 1 rings (SSSR count). The third kappa shape index (κ3) is 5.01. The van der Waals surface area contributed by atoms with Crippen LogP contribution in [0.2, 0.25) is 0 Å². The van der Waals surface area contributed by atoms with Crippen LogP contribution in [-0.2, 0) is 10.2 Å². The quantitative estimate of drug-likeness (QED) is 0.786. The van der Waals surface area contributed by atoms with Gasteiger partial charge in [-0.25, -0.2) is 4.72 Å². The SMILES string of the molecule is CC(C)C(CNS(=O)(=O)N(C)C1CCCCC1)C(C)C. The summed E-state index contributed by atoms with van der Waals surface area (Å²) in [7, 11) is -1.62. The lowest BCUT2D eigenvalue weighted by atomic mass is 9.86. The van der Waals surface area contributed by atoms with Crippen molar-refractivity contribution in [3.8, 4) is 0 Å². The second-order valence-electron chi connectivity index (χ2n) is 6.81. The number of rotatable bonds is 7. The Kier molecular flexibility index (Phi) is 6.95. The second kappa shape index (κ2) is 7.76. The molecule has 0 heterocycles. The summed E-state index contributed by atoms with van der Waals surface area (Å²) < 4.78 is 29.2. The minimum atomic E-state index is -3.34. The molecule has 0 saturated heterocycles. The van der Waals surface area contributed by atoms with Crippen LogP contribution in [0.15, 0.2) is 0 Å². The van der Waals surface area contributed by atoms with Gasteiger partial charge < -0.3 is 0 Å². The maximum atomic E-state index is 12.4. The fourth-order valence-corrected chi connectivity index (χ4v) is 4.40. The molecule has 1 aliphatic carbocycles. The lowest BCUT2D eigenvalue weighted by molar-refractivity contribution is 0.269. The smallest absolute Gasteiger partial charge is 0.202 e. The van der Waals surface area contributed by atoms with E-state index in [-0.39, 0.29) is 6.04 Å². The predicted octanol–water partition coefficient (Wildman–Crippen LogP) is 3.01. The fraction of sp³-hybridized carbons (Fsp3) is 1.00. The van der Waals surface area contributed by atoms with Gasteiger partial charge in [0.1, 0.15) is 0 Å². The normalized spacial score (nSPS) is 18.6. The summed E-state index contributed by atoms with van der Waals surface area (Å²) >= 11 is 0. The van der Waals surface area contributed by atoms with E-state index in [1.54, 1.807) is 11.4 Å². The first-order valence-electron chi connectivity index (χ1n) is 7.98. The molecule has 1 saturated carbocycles. The van der Waals surface area contributed by atoms with Gasteiger partial charge in [0.15, 0.2) is 0 Å². The van der Waals surface area contributed by atoms with Gasteiger partial charge >= 0.3 is 0 Å². The summed E-state index contributed by atoms with van der Waals surface area (Å²) in [5, 5.41) is 0. The van der Waals surface area contributed by atoms with Crippen LogP contribution in [-0.4, -0.2) is 32.4 Å². The third-order valence-electron chi connectivity index (χ3n) is 4.68. The molecule has 1 N–H and O–H groups in total. The largest absolute Gasteiger partial charge is 0.279 e. The van der Waals surface area contributed by atoms with Crippen LogP contribution in [0, 0.1) is 17.8 Å². The van der Waals surface area contributed by atoms with E-state index in [9.17, 15) is 8.42 Å². The number of nitrogens with zero attached hydrogens (tertiary/aromatic N) is 1. The van der Waals surface area contributed by atoms with Crippen molar-refractivity contribution in [1.29, 1.82) is 0 Å². The van der Waals surface area contributed by atoms with Crippen molar-refractivity contribution in [1.82, 2.24) is 9.03 Å². The van der Waals surface area contributed by atoms with E-state index in [0.717, 1.165) is 25.7 Å². The Morgan fingerprint density at radius 1 is 1.05 bits per heavy atom. The predicted molar refractivity (Wildman–Crippen MR) is 84.7 cm³/mol. The summed E-state index contributed by atoms with van der Waals surface area (Å²) in [6.07, 6.45) is 5.52. The molecule has 0 unspecified atom stereocenters. The van der Waals surface area contributed by atoms with E-state index in [1.807, 2.05) is 0 Å². The van der Waals surface area contributed by atoms with E-state index < -0.39 is 10.2 Å². The summed E-state index contributed by atoms with van der Waals surface area (Å²) in [6, 6.07) is 0.179. The molecule has 5 heteroatoms. The van der Waals surface area contributed by atoms with E-state index in [4.69, 9.17) is 0 Å². The highest BCUT2D eigenvalue weighted by Crippen LogP contribution is 2.24. The molecule has 0 amide bonds. The standard InChI is InChI=1S/C15H32N2O2S/c1-12(2)15(13(3)4)11-16-20(18,19)17(5)14-9-7-6-8-10-14/h12-16H,6-11H2,1-5H3. The van der Waals surface area contributed by atoms with Crippen molar-refractivity contribution in [3.05, 3.63) is 0 Å². The molecule has 4 nitrogen and oxygen atoms in total. The minimum absolute atomic E-state index is 0.179. The Hall–Kier alpha value is -0.130. The molecule has 0 atom stereocenters. The average Bonchev–Trinajstić information content (AvgIpc) is 2.38. The van der Waals surface area contributed by atoms with Gasteiger partial charge in [0, 0.05) is 19.6 Å². The number of nitrogens with one attached hydrogen (secondary N) is 1. The molecule has 0 aliphatic heterocycles. The van der Waals surface area contributed by atoms with Gasteiger partial charge in [-0.1, -0.05) is 47.0 Å².